The van der Waals surface area contributed by atoms with Crippen LogP contribution in [0.25, 0.3) is 0 Å². The number of nitrogens with zero attached hydrogens (tertiary/aromatic N) is 2. The maximum atomic E-state index is 10.8. The Morgan fingerprint density at radius 1 is 1.62 bits per heavy atom. The molecule has 1 aliphatic rings. The molecule has 0 unspecified atom stereocenters. The molecular weight excluding hydrogens is 212 g/mol. The van der Waals surface area contributed by atoms with Crippen molar-refractivity contribution in [2.75, 3.05) is 25.5 Å². The number of nitro groups is 1. The average Bonchev–Trinajstić information content (AvgIpc) is 2.22. The van der Waals surface area contributed by atoms with E-state index in [1.54, 1.807) is 0 Å². The van der Waals surface area contributed by atoms with Crippen LogP contribution in [0.3, 0.4) is 0 Å². The van der Waals surface area contributed by atoms with E-state index in [1.165, 1.54) is 19.2 Å². The van der Waals surface area contributed by atoms with Crippen molar-refractivity contribution < 1.29 is 9.66 Å². The Bertz CT molecular complexity index is 406. The summed E-state index contributed by atoms with van der Waals surface area (Å²) in [6.07, 6.45) is 0. The van der Waals surface area contributed by atoms with Crippen LogP contribution in [0.1, 0.15) is 0 Å². The molecule has 2 heterocycles. The van der Waals surface area contributed by atoms with Crippen molar-refractivity contribution in [2.45, 2.75) is 6.04 Å². The summed E-state index contributed by atoms with van der Waals surface area (Å²) in [4.78, 5) is 14.4. The van der Waals surface area contributed by atoms with Crippen molar-refractivity contribution in [1.29, 1.82) is 0 Å². The Morgan fingerprint density at radius 2 is 2.38 bits per heavy atom. The second-order valence-corrected chi connectivity index (χ2v) is 3.48. The molecule has 7 heteroatoms. The summed E-state index contributed by atoms with van der Waals surface area (Å²) < 4.78 is 4.93. The fraction of sp³-hybridized carbons (Fsp3) is 0.444. The van der Waals surface area contributed by atoms with Crippen LogP contribution < -0.4 is 15.4 Å². The molecule has 0 spiro atoms. The van der Waals surface area contributed by atoms with E-state index in [9.17, 15) is 10.1 Å². The van der Waals surface area contributed by atoms with Gasteiger partial charge in [0.1, 0.15) is 0 Å². The minimum absolute atomic E-state index is 0.0345. The van der Waals surface area contributed by atoms with E-state index < -0.39 is 4.92 Å². The fourth-order valence-electron chi connectivity index (χ4n) is 1.39. The zero-order valence-corrected chi connectivity index (χ0v) is 8.77. The summed E-state index contributed by atoms with van der Waals surface area (Å²) in [5, 5.41) is 16.9. The third kappa shape index (κ3) is 2.03. The van der Waals surface area contributed by atoms with Crippen molar-refractivity contribution in [3.8, 4) is 5.88 Å². The molecule has 1 aromatic heterocycles. The lowest BCUT2D eigenvalue weighted by Gasteiger charge is -2.28. The lowest BCUT2D eigenvalue weighted by atomic mass is 10.2. The molecule has 0 atom stereocenters. The van der Waals surface area contributed by atoms with Gasteiger partial charge in [0.2, 0.25) is 11.7 Å². The Balaban J connectivity index is 2.25. The Hall–Kier alpha value is -1.89. The van der Waals surface area contributed by atoms with Crippen molar-refractivity contribution in [2.24, 2.45) is 0 Å². The van der Waals surface area contributed by atoms with E-state index in [2.05, 4.69) is 15.6 Å². The second kappa shape index (κ2) is 4.31. The molecule has 0 aliphatic carbocycles. The highest BCUT2D eigenvalue weighted by Gasteiger charge is 2.22. The first kappa shape index (κ1) is 10.6. The summed E-state index contributed by atoms with van der Waals surface area (Å²) in [6.45, 7) is 1.58. The van der Waals surface area contributed by atoms with Gasteiger partial charge in [-0.05, 0) is 0 Å². The lowest BCUT2D eigenvalue weighted by molar-refractivity contribution is -0.384. The number of ether oxygens (including phenoxy) is 1. The van der Waals surface area contributed by atoms with Gasteiger partial charge in [0.05, 0.1) is 18.1 Å². The van der Waals surface area contributed by atoms with Gasteiger partial charge in [-0.15, -0.1) is 0 Å². The zero-order chi connectivity index (χ0) is 11.5. The van der Waals surface area contributed by atoms with Crippen LogP contribution >= 0.6 is 0 Å². The number of nitrogens with one attached hydrogen (secondary N) is 2. The van der Waals surface area contributed by atoms with Crippen molar-refractivity contribution in [3.05, 3.63) is 22.2 Å². The first-order valence-corrected chi connectivity index (χ1v) is 4.87. The first-order valence-electron chi connectivity index (χ1n) is 4.87. The molecule has 0 bridgehead atoms. The number of pyridine rings is 1. The van der Waals surface area contributed by atoms with Gasteiger partial charge < -0.3 is 15.4 Å². The van der Waals surface area contributed by atoms with Crippen LogP contribution in [0.15, 0.2) is 12.1 Å². The highest BCUT2D eigenvalue weighted by molar-refractivity contribution is 5.57. The average molecular weight is 224 g/mol. The number of hydrogen-bond acceptors (Lipinski definition) is 6. The predicted molar refractivity (Wildman–Crippen MR) is 57.7 cm³/mol. The lowest BCUT2D eigenvalue weighted by Crippen LogP contribution is -2.51. The molecule has 2 rings (SSSR count). The SMILES string of the molecule is COc1ccc([N+](=O)[O-])c(NC2CNC2)n1. The fourth-order valence-corrected chi connectivity index (χ4v) is 1.39. The third-order valence-corrected chi connectivity index (χ3v) is 2.38. The number of hydrogen-bond donors (Lipinski definition) is 2. The smallest absolute Gasteiger partial charge is 0.311 e. The topological polar surface area (TPSA) is 89.3 Å². The van der Waals surface area contributed by atoms with Crippen LogP contribution in [-0.4, -0.2) is 36.1 Å². The highest BCUT2D eigenvalue weighted by atomic mass is 16.6. The minimum Gasteiger partial charge on any atom is -0.481 e. The molecule has 1 aromatic rings. The summed E-state index contributed by atoms with van der Waals surface area (Å²) >= 11 is 0. The third-order valence-electron chi connectivity index (χ3n) is 2.38. The molecule has 7 nitrogen and oxygen atoms in total. The normalized spacial score (nSPS) is 15.3. The summed E-state index contributed by atoms with van der Waals surface area (Å²) in [7, 11) is 1.48. The Morgan fingerprint density at radius 3 is 2.88 bits per heavy atom. The highest BCUT2D eigenvalue weighted by Crippen LogP contribution is 2.25. The molecular formula is C9H12N4O3. The maximum Gasteiger partial charge on any atom is 0.311 e. The standard InChI is InChI=1S/C9H12N4O3/c1-16-8-3-2-7(13(14)15)9(12-8)11-6-4-10-5-6/h2-3,6,10H,4-5H2,1H3,(H,11,12). The number of methoxy groups -OCH3 is 1. The molecule has 0 aromatic carbocycles. The largest absolute Gasteiger partial charge is 0.481 e. The molecule has 0 saturated carbocycles. The van der Waals surface area contributed by atoms with E-state index >= 15 is 0 Å². The first-order chi connectivity index (χ1) is 7.70. The van der Waals surface area contributed by atoms with Gasteiger partial charge in [0, 0.05) is 25.2 Å². The van der Waals surface area contributed by atoms with Crippen molar-refractivity contribution >= 4 is 11.5 Å². The number of aromatic nitrogens is 1. The van der Waals surface area contributed by atoms with Crippen LogP contribution in [-0.2, 0) is 0 Å². The van der Waals surface area contributed by atoms with E-state index in [-0.39, 0.29) is 17.5 Å². The molecule has 2 N–H and O–H groups in total. The second-order valence-electron chi connectivity index (χ2n) is 3.48. The Kier molecular flexibility index (Phi) is 2.86. The summed E-state index contributed by atoms with van der Waals surface area (Å²) in [6, 6.07) is 3.06. The van der Waals surface area contributed by atoms with Crippen LogP contribution in [0, 0.1) is 10.1 Å². The minimum atomic E-state index is -0.457. The van der Waals surface area contributed by atoms with Crippen molar-refractivity contribution in [1.82, 2.24) is 10.3 Å². The van der Waals surface area contributed by atoms with E-state index in [0.717, 1.165) is 13.1 Å². The van der Waals surface area contributed by atoms with Gasteiger partial charge in [-0.25, -0.2) is 0 Å². The van der Waals surface area contributed by atoms with Gasteiger partial charge in [-0.2, -0.15) is 4.98 Å². The van der Waals surface area contributed by atoms with E-state index in [0.29, 0.717) is 5.88 Å². The van der Waals surface area contributed by atoms with Gasteiger partial charge in [-0.1, -0.05) is 0 Å². The quantitative estimate of drug-likeness (QED) is 0.567. The van der Waals surface area contributed by atoms with Crippen molar-refractivity contribution in [3.63, 3.8) is 0 Å². The van der Waals surface area contributed by atoms with Gasteiger partial charge >= 0.3 is 5.69 Å². The van der Waals surface area contributed by atoms with Gasteiger partial charge in [-0.3, -0.25) is 10.1 Å². The number of rotatable bonds is 4. The predicted octanol–water partition coefficient (Wildman–Crippen LogP) is 0.382. The van der Waals surface area contributed by atoms with Crippen LogP contribution in [0.5, 0.6) is 5.88 Å². The molecule has 0 amide bonds. The zero-order valence-electron chi connectivity index (χ0n) is 8.77. The molecule has 1 aliphatic heterocycles. The summed E-state index contributed by atoms with van der Waals surface area (Å²) in [5.74, 6) is 0.622. The number of anilines is 1. The molecule has 0 radical (unpaired) electrons. The van der Waals surface area contributed by atoms with Crippen LogP contribution in [0.4, 0.5) is 11.5 Å². The van der Waals surface area contributed by atoms with E-state index in [4.69, 9.17) is 4.74 Å². The Labute approximate surface area is 92.0 Å². The van der Waals surface area contributed by atoms with Crippen LogP contribution in [0.2, 0.25) is 0 Å². The molecule has 86 valence electrons. The molecule has 1 saturated heterocycles. The van der Waals surface area contributed by atoms with E-state index in [1.807, 2.05) is 0 Å². The van der Waals surface area contributed by atoms with Gasteiger partial charge in [0.25, 0.3) is 0 Å². The molecule has 1 fully saturated rings. The van der Waals surface area contributed by atoms with Gasteiger partial charge in [0.15, 0.2) is 0 Å². The molecule has 16 heavy (non-hydrogen) atoms. The monoisotopic (exact) mass is 224 g/mol. The summed E-state index contributed by atoms with van der Waals surface area (Å²) in [5.41, 5.74) is -0.0345. The maximum absolute atomic E-state index is 10.8.